The molecule has 2 heterocycles. The summed E-state index contributed by atoms with van der Waals surface area (Å²) in [6.07, 6.45) is 2.19. The Bertz CT molecular complexity index is 723. The standard InChI is InChI=1S/C15H14N4O3/c20-13-7-6-11(14(21)17-13)16-15(22)12-8-9-19(18-12)10-4-2-1-3-5-10/h1-5,8-9,11H,6-7H2,(H,16,22)(H,17,20,21). The van der Waals surface area contributed by atoms with Gasteiger partial charge in [0.2, 0.25) is 11.8 Å². The molecule has 0 radical (unpaired) electrons. The van der Waals surface area contributed by atoms with Crippen LogP contribution in [0.2, 0.25) is 0 Å². The molecule has 2 N–H and O–H groups in total. The van der Waals surface area contributed by atoms with E-state index in [1.165, 1.54) is 0 Å². The van der Waals surface area contributed by atoms with E-state index in [2.05, 4.69) is 15.7 Å². The van der Waals surface area contributed by atoms with Crippen molar-refractivity contribution in [2.75, 3.05) is 0 Å². The van der Waals surface area contributed by atoms with Crippen molar-refractivity contribution in [1.29, 1.82) is 0 Å². The van der Waals surface area contributed by atoms with Crippen molar-refractivity contribution >= 4 is 17.7 Å². The second kappa shape index (κ2) is 5.80. The molecule has 1 aromatic carbocycles. The fourth-order valence-corrected chi connectivity index (χ4v) is 2.23. The summed E-state index contributed by atoms with van der Waals surface area (Å²) in [6.45, 7) is 0. The van der Waals surface area contributed by atoms with E-state index in [4.69, 9.17) is 0 Å². The second-order valence-corrected chi connectivity index (χ2v) is 4.96. The first kappa shape index (κ1) is 14.0. The van der Waals surface area contributed by atoms with Gasteiger partial charge in [-0.1, -0.05) is 18.2 Å². The molecule has 1 fully saturated rings. The van der Waals surface area contributed by atoms with Crippen molar-refractivity contribution < 1.29 is 14.4 Å². The molecule has 7 heteroatoms. The zero-order valence-corrected chi connectivity index (χ0v) is 11.7. The number of rotatable bonds is 3. The number of aromatic nitrogens is 2. The minimum absolute atomic E-state index is 0.216. The van der Waals surface area contributed by atoms with E-state index < -0.39 is 17.9 Å². The number of amides is 3. The predicted octanol–water partition coefficient (Wildman–Crippen LogP) is 0.407. The smallest absolute Gasteiger partial charge is 0.272 e. The maximum absolute atomic E-state index is 12.1. The van der Waals surface area contributed by atoms with Gasteiger partial charge in [0.15, 0.2) is 5.69 Å². The van der Waals surface area contributed by atoms with Crippen molar-refractivity contribution in [3.63, 3.8) is 0 Å². The minimum Gasteiger partial charge on any atom is -0.339 e. The van der Waals surface area contributed by atoms with Gasteiger partial charge in [-0.05, 0) is 24.6 Å². The van der Waals surface area contributed by atoms with E-state index in [0.717, 1.165) is 5.69 Å². The lowest BCUT2D eigenvalue weighted by Crippen LogP contribution is -2.52. The average Bonchev–Trinajstić information content (AvgIpc) is 3.01. The highest BCUT2D eigenvalue weighted by Gasteiger charge is 2.28. The first-order valence-electron chi connectivity index (χ1n) is 6.89. The molecule has 1 aromatic heterocycles. The Kier molecular flexibility index (Phi) is 3.69. The van der Waals surface area contributed by atoms with Crippen LogP contribution in [0.15, 0.2) is 42.6 Å². The highest BCUT2D eigenvalue weighted by molar-refractivity contribution is 6.03. The Morgan fingerprint density at radius 3 is 2.73 bits per heavy atom. The first-order valence-corrected chi connectivity index (χ1v) is 6.89. The molecule has 7 nitrogen and oxygen atoms in total. The van der Waals surface area contributed by atoms with Gasteiger partial charge in [0, 0.05) is 12.6 Å². The quantitative estimate of drug-likeness (QED) is 0.803. The predicted molar refractivity (Wildman–Crippen MR) is 77.2 cm³/mol. The number of hydrogen-bond donors (Lipinski definition) is 2. The zero-order chi connectivity index (χ0) is 15.5. The number of piperidine rings is 1. The second-order valence-electron chi connectivity index (χ2n) is 4.96. The van der Waals surface area contributed by atoms with E-state index in [9.17, 15) is 14.4 Å². The Labute approximate surface area is 126 Å². The monoisotopic (exact) mass is 298 g/mol. The molecular weight excluding hydrogens is 284 g/mol. The molecule has 3 rings (SSSR count). The highest BCUT2D eigenvalue weighted by Crippen LogP contribution is 2.08. The van der Waals surface area contributed by atoms with Crippen molar-refractivity contribution in [2.24, 2.45) is 0 Å². The maximum Gasteiger partial charge on any atom is 0.272 e. The summed E-state index contributed by atoms with van der Waals surface area (Å²) >= 11 is 0. The van der Waals surface area contributed by atoms with Crippen molar-refractivity contribution in [1.82, 2.24) is 20.4 Å². The maximum atomic E-state index is 12.1. The summed E-state index contributed by atoms with van der Waals surface area (Å²) in [6, 6.07) is 10.3. The fourth-order valence-electron chi connectivity index (χ4n) is 2.23. The average molecular weight is 298 g/mol. The number of hydrogen-bond acceptors (Lipinski definition) is 4. The molecule has 1 unspecified atom stereocenters. The Hall–Kier alpha value is -2.96. The van der Waals surface area contributed by atoms with E-state index in [0.29, 0.717) is 6.42 Å². The highest BCUT2D eigenvalue weighted by atomic mass is 16.2. The summed E-state index contributed by atoms with van der Waals surface area (Å²) in [7, 11) is 0. The Morgan fingerprint density at radius 1 is 1.23 bits per heavy atom. The van der Waals surface area contributed by atoms with Gasteiger partial charge in [0.05, 0.1) is 5.69 Å². The van der Waals surface area contributed by atoms with Gasteiger partial charge < -0.3 is 5.32 Å². The number of para-hydroxylation sites is 1. The molecule has 1 atom stereocenters. The lowest BCUT2D eigenvalue weighted by Gasteiger charge is -2.21. The van der Waals surface area contributed by atoms with E-state index >= 15 is 0 Å². The van der Waals surface area contributed by atoms with Gasteiger partial charge in [0.1, 0.15) is 6.04 Å². The molecule has 3 amide bonds. The molecule has 1 saturated heterocycles. The molecule has 2 aromatic rings. The van der Waals surface area contributed by atoms with Crippen LogP contribution in [0.1, 0.15) is 23.3 Å². The Morgan fingerprint density at radius 2 is 2.00 bits per heavy atom. The number of benzene rings is 1. The van der Waals surface area contributed by atoms with Crippen LogP contribution in [0.25, 0.3) is 5.69 Å². The summed E-state index contributed by atoms with van der Waals surface area (Å²) in [4.78, 5) is 34.8. The molecule has 0 aliphatic carbocycles. The van der Waals surface area contributed by atoms with Gasteiger partial charge in [-0.3, -0.25) is 19.7 Å². The van der Waals surface area contributed by atoms with Crippen LogP contribution in [0.3, 0.4) is 0 Å². The van der Waals surface area contributed by atoms with Gasteiger partial charge >= 0.3 is 0 Å². The number of carbonyl (C=O) groups is 3. The summed E-state index contributed by atoms with van der Waals surface area (Å²) in [5.74, 6) is -1.24. The topological polar surface area (TPSA) is 93.1 Å². The molecule has 0 bridgehead atoms. The zero-order valence-electron chi connectivity index (χ0n) is 11.7. The van der Waals surface area contributed by atoms with Crippen LogP contribution in [0.5, 0.6) is 0 Å². The third kappa shape index (κ3) is 2.88. The summed E-state index contributed by atoms with van der Waals surface area (Å²) in [5.41, 5.74) is 1.05. The largest absolute Gasteiger partial charge is 0.339 e. The van der Waals surface area contributed by atoms with Crippen molar-refractivity contribution in [3.05, 3.63) is 48.3 Å². The van der Waals surface area contributed by atoms with E-state index in [1.54, 1.807) is 16.9 Å². The van der Waals surface area contributed by atoms with Gasteiger partial charge in [-0.2, -0.15) is 5.10 Å². The molecule has 22 heavy (non-hydrogen) atoms. The molecule has 1 aliphatic rings. The van der Waals surface area contributed by atoms with E-state index in [1.807, 2.05) is 30.3 Å². The van der Waals surface area contributed by atoms with Crippen LogP contribution in [-0.2, 0) is 9.59 Å². The lowest BCUT2D eigenvalue weighted by atomic mass is 10.1. The number of carbonyl (C=O) groups excluding carboxylic acids is 3. The SMILES string of the molecule is O=C1CCC(NC(=O)c2ccn(-c3ccccc3)n2)C(=O)N1. The van der Waals surface area contributed by atoms with Gasteiger partial charge in [-0.25, -0.2) is 4.68 Å². The number of imide groups is 1. The summed E-state index contributed by atoms with van der Waals surface area (Å²) in [5, 5.41) is 8.98. The van der Waals surface area contributed by atoms with Crippen LogP contribution in [0.4, 0.5) is 0 Å². The third-order valence-electron chi connectivity index (χ3n) is 3.39. The van der Waals surface area contributed by atoms with Crippen LogP contribution in [-0.4, -0.2) is 33.5 Å². The van der Waals surface area contributed by atoms with Crippen LogP contribution >= 0.6 is 0 Å². The number of nitrogens with one attached hydrogen (secondary N) is 2. The fraction of sp³-hybridized carbons (Fsp3) is 0.200. The molecule has 112 valence electrons. The van der Waals surface area contributed by atoms with Crippen molar-refractivity contribution in [3.8, 4) is 5.69 Å². The van der Waals surface area contributed by atoms with Crippen LogP contribution in [0, 0.1) is 0 Å². The normalized spacial score (nSPS) is 17.9. The van der Waals surface area contributed by atoms with Gasteiger partial charge in [-0.15, -0.1) is 0 Å². The third-order valence-corrected chi connectivity index (χ3v) is 3.39. The molecule has 1 aliphatic heterocycles. The number of nitrogens with zero attached hydrogens (tertiary/aromatic N) is 2. The van der Waals surface area contributed by atoms with E-state index in [-0.39, 0.29) is 18.0 Å². The molecule has 0 spiro atoms. The lowest BCUT2D eigenvalue weighted by molar-refractivity contribution is -0.134. The van der Waals surface area contributed by atoms with Crippen molar-refractivity contribution in [2.45, 2.75) is 18.9 Å². The molecular formula is C15H14N4O3. The first-order chi connectivity index (χ1) is 10.6. The molecule has 0 saturated carbocycles. The summed E-state index contributed by atoms with van der Waals surface area (Å²) < 4.78 is 1.58. The van der Waals surface area contributed by atoms with Gasteiger partial charge in [0.25, 0.3) is 5.91 Å². The minimum atomic E-state index is -0.702. The Balaban J connectivity index is 1.70. The van der Waals surface area contributed by atoms with Crippen LogP contribution < -0.4 is 10.6 Å².